The Bertz CT molecular complexity index is 772. The fraction of sp³-hybridized carbons (Fsp3) is 0.467. The van der Waals surface area contributed by atoms with Crippen molar-refractivity contribution in [2.24, 2.45) is 5.92 Å². The molecule has 1 N–H and O–H groups in total. The topological polar surface area (TPSA) is 86.1 Å². The zero-order chi connectivity index (χ0) is 16.4. The third-order valence-corrected chi connectivity index (χ3v) is 5.43. The van der Waals surface area contributed by atoms with Crippen LogP contribution in [0.3, 0.4) is 0 Å². The molecule has 23 heavy (non-hydrogen) atoms. The predicted molar refractivity (Wildman–Crippen MR) is 84.6 cm³/mol. The second-order valence-corrected chi connectivity index (χ2v) is 7.68. The lowest BCUT2D eigenvalue weighted by atomic mass is 10.1. The van der Waals surface area contributed by atoms with Gasteiger partial charge in [-0.15, -0.1) is 5.10 Å². The molecule has 3 rings (SSSR count). The van der Waals surface area contributed by atoms with Crippen LogP contribution in [0.5, 0.6) is 5.75 Å². The molecule has 2 heterocycles. The van der Waals surface area contributed by atoms with Gasteiger partial charge >= 0.3 is 0 Å². The summed E-state index contributed by atoms with van der Waals surface area (Å²) in [4.78, 5) is 0.269. The summed E-state index contributed by atoms with van der Waals surface area (Å²) >= 11 is 0. The number of fused-ring (bicyclic) bond motifs is 1. The number of hydrogen-bond acceptors (Lipinski definition) is 5. The molecular formula is C15H20N4O3S. The van der Waals surface area contributed by atoms with E-state index in [0.717, 1.165) is 17.7 Å². The molecule has 1 aliphatic heterocycles. The molecule has 1 aliphatic rings. The highest BCUT2D eigenvalue weighted by molar-refractivity contribution is 7.89. The van der Waals surface area contributed by atoms with Gasteiger partial charge in [0, 0.05) is 18.7 Å². The first-order chi connectivity index (χ1) is 11.0. The highest BCUT2D eigenvalue weighted by atomic mass is 32.2. The minimum absolute atomic E-state index is 0.117. The van der Waals surface area contributed by atoms with Crippen LogP contribution in [0.2, 0.25) is 0 Å². The Balaban J connectivity index is 1.80. The van der Waals surface area contributed by atoms with Crippen molar-refractivity contribution in [2.45, 2.75) is 37.8 Å². The molecule has 0 saturated carbocycles. The van der Waals surface area contributed by atoms with Crippen LogP contribution in [0.4, 0.5) is 0 Å². The van der Waals surface area contributed by atoms with Gasteiger partial charge in [0.05, 0.1) is 24.2 Å². The first-order valence-corrected chi connectivity index (χ1v) is 9.06. The Labute approximate surface area is 135 Å². The van der Waals surface area contributed by atoms with E-state index >= 15 is 0 Å². The molecule has 2 aromatic rings. The molecule has 8 heteroatoms. The van der Waals surface area contributed by atoms with Gasteiger partial charge in [-0.05, 0) is 29.7 Å². The van der Waals surface area contributed by atoms with E-state index in [1.54, 1.807) is 35.3 Å². The molecule has 1 aromatic carbocycles. The number of ether oxygens (including phenoxy) is 1. The van der Waals surface area contributed by atoms with Gasteiger partial charge in [-0.3, -0.25) is 4.68 Å². The highest BCUT2D eigenvalue weighted by Gasteiger charge is 2.25. The van der Waals surface area contributed by atoms with Gasteiger partial charge in [0.2, 0.25) is 10.0 Å². The van der Waals surface area contributed by atoms with Crippen LogP contribution in [-0.2, 0) is 23.0 Å². The van der Waals surface area contributed by atoms with Crippen molar-refractivity contribution in [3.05, 3.63) is 36.2 Å². The van der Waals surface area contributed by atoms with E-state index in [2.05, 4.69) is 15.0 Å². The summed E-state index contributed by atoms with van der Waals surface area (Å²) < 4.78 is 35.2. The molecule has 0 unspecified atom stereocenters. The Morgan fingerprint density at radius 3 is 2.91 bits per heavy atom. The Hall–Kier alpha value is -1.93. The summed E-state index contributed by atoms with van der Waals surface area (Å²) in [5.74, 6) is 0.888. The molecule has 0 aliphatic carbocycles. The third kappa shape index (κ3) is 3.53. The second-order valence-electron chi connectivity index (χ2n) is 5.96. The molecule has 0 amide bonds. The highest BCUT2D eigenvalue weighted by Crippen LogP contribution is 2.27. The van der Waals surface area contributed by atoms with Gasteiger partial charge < -0.3 is 4.74 Å². The van der Waals surface area contributed by atoms with Crippen LogP contribution in [0.1, 0.15) is 19.4 Å². The van der Waals surface area contributed by atoms with E-state index in [-0.39, 0.29) is 16.9 Å². The fourth-order valence-electron chi connectivity index (χ4n) is 2.51. The van der Waals surface area contributed by atoms with Crippen molar-refractivity contribution in [3.63, 3.8) is 0 Å². The van der Waals surface area contributed by atoms with Crippen LogP contribution < -0.4 is 9.46 Å². The number of aromatic nitrogens is 3. The lowest BCUT2D eigenvalue weighted by molar-refractivity contribution is 0.356. The third-order valence-electron chi connectivity index (χ3n) is 3.94. The lowest BCUT2D eigenvalue weighted by Gasteiger charge is -2.22. The van der Waals surface area contributed by atoms with E-state index in [1.165, 1.54) is 0 Å². The smallest absolute Gasteiger partial charge is 0.240 e. The molecule has 124 valence electrons. The molecule has 0 spiro atoms. The van der Waals surface area contributed by atoms with Crippen molar-refractivity contribution < 1.29 is 13.2 Å². The molecule has 7 nitrogen and oxygen atoms in total. The van der Waals surface area contributed by atoms with Crippen molar-refractivity contribution in [1.29, 1.82) is 0 Å². The van der Waals surface area contributed by atoms with Crippen molar-refractivity contribution >= 4 is 10.0 Å². The second kappa shape index (κ2) is 6.29. The number of sulfonamides is 1. The number of nitrogens with one attached hydrogen (secondary N) is 1. The molecule has 1 atom stereocenters. The summed E-state index contributed by atoms with van der Waals surface area (Å²) in [5, 5.41) is 7.65. The van der Waals surface area contributed by atoms with E-state index in [4.69, 9.17) is 4.74 Å². The molecule has 0 fully saturated rings. The van der Waals surface area contributed by atoms with Crippen molar-refractivity contribution in [1.82, 2.24) is 19.7 Å². The Morgan fingerprint density at radius 2 is 2.22 bits per heavy atom. The molecule has 0 radical (unpaired) electrons. The number of rotatable bonds is 6. The first kappa shape index (κ1) is 15.9. The van der Waals surface area contributed by atoms with E-state index in [0.29, 0.717) is 13.2 Å². The summed E-state index contributed by atoms with van der Waals surface area (Å²) in [7, 11) is -3.60. The molecular weight excluding hydrogens is 316 g/mol. The van der Waals surface area contributed by atoms with E-state index in [1.807, 2.05) is 13.8 Å². The monoisotopic (exact) mass is 336 g/mol. The van der Waals surface area contributed by atoms with Crippen LogP contribution in [0.15, 0.2) is 35.5 Å². The summed E-state index contributed by atoms with van der Waals surface area (Å²) in [6.07, 6.45) is 4.04. The maximum absolute atomic E-state index is 12.7. The van der Waals surface area contributed by atoms with Gasteiger partial charge in [0.15, 0.2) is 0 Å². The van der Waals surface area contributed by atoms with Gasteiger partial charge in [0.1, 0.15) is 5.75 Å². The molecule has 1 aromatic heterocycles. The van der Waals surface area contributed by atoms with Crippen LogP contribution in [0.25, 0.3) is 0 Å². The van der Waals surface area contributed by atoms with Crippen molar-refractivity contribution in [3.8, 4) is 5.75 Å². The maximum Gasteiger partial charge on any atom is 0.240 e. The molecule has 0 saturated heterocycles. The Kier molecular flexibility index (Phi) is 4.36. The molecule has 0 bridgehead atoms. The normalized spacial score (nSPS) is 15.4. The predicted octanol–water partition coefficient (Wildman–Crippen LogP) is 1.22. The number of hydrogen-bond donors (Lipinski definition) is 1. The summed E-state index contributed by atoms with van der Waals surface area (Å²) in [6, 6.07) is 4.72. The first-order valence-electron chi connectivity index (χ1n) is 7.58. The fourth-order valence-corrected chi connectivity index (χ4v) is 3.94. The largest absolute Gasteiger partial charge is 0.493 e. The zero-order valence-electron chi connectivity index (χ0n) is 13.1. The average molecular weight is 336 g/mol. The van der Waals surface area contributed by atoms with E-state index in [9.17, 15) is 8.42 Å². The van der Waals surface area contributed by atoms with Gasteiger partial charge in [0.25, 0.3) is 0 Å². The summed E-state index contributed by atoms with van der Waals surface area (Å²) in [5.41, 5.74) is 0.935. The Morgan fingerprint density at radius 1 is 1.39 bits per heavy atom. The van der Waals surface area contributed by atoms with Crippen molar-refractivity contribution in [2.75, 3.05) is 6.61 Å². The number of nitrogens with zero attached hydrogens (tertiary/aromatic N) is 3. The van der Waals surface area contributed by atoms with Crippen LogP contribution in [-0.4, -0.2) is 36.1 Å². The van der Waals surface area contributed by atoms with E-state index < -0.39 is 10.0 Å². The zero-order valence-corrected chi connectivity index (χ0v) is 14.0. The average Bonchev–Trinajstić information content (AvgIpc) is 3.16. The maximum atomic E-state index is 12.7. The number of benzene rings is 1. The summed E-state index contributed by atoms with van der Waals surface area (Å²) in [6.45, 7) is 4.99. The van der Waals surface area contributed by atoms with Gasteiger partial charge in [-0.25, -0.2) is 13.1 Å². The SMILES string of the molecule is CC(C)[C@@H](Cn1ccnn1)NS(=O)(=O)c1ccc2c(c1)CCO2. The van der Waals surface area contributed by atoms with Gasteiger partial charge in [-0.2, -0.15) is 0 Å². The quantitative estimate of drug-likeness (QED) is 0.857. The minimum Gasteiger partial charge on any atom is -0.493 e. The van der Waals surface area contributed by atoms with Crippen LogP contribution in [0, 0.1) is 5.92 Å². The standard InChI is InChI=1S/C15H20N4O3S/c1-11(2)14(10-19-7-6-16-18-19)17-23(20,21)13-3-4-15-12(9-13)5-8-22-15/h3-4,6-7,9,11,14,17H,5,8,10H2,1-2H3/t14-/m1/s1. The van der Waals surface area contributed by atoms with Gasteiger partial charge in [-0.1, -0.05) is 19.1 Å². The minimum atomic E-state index is -3.60. The lowest BCUT2D eigenvalue weighted by Crippen LogP contribution is -2.41. The van der Waals surface area contributed by atoms with Crippen LogP contribution >= 0.6 is 0 Å².